The number of carbonyl (C=O) groups is 2. The van der Waals surface area contributed by atoms with Crippen LogP contribution in [0.1, 0.15) is 41.4 Å². The van der Waals surface area contributed by atoms with Crippen molar-refractivity contribution in [3.05, 3.63) is 71.4 Å². The number of rotatable bonds is 7. The van der Waals surface area contributed by atoms with Gasteiger partial charge in [-0.25, -0.2) is 0 Å². The number of pyridine rings is 1. The number of fused-ring (bicyclic) bond motifs is 1. The van der Waals surface area contributed by atoms with Crippen LogP contribution < -0.4 is 10.6 Å². The fraction of sp³-hybridized carbons (Fsp3) is 0.292. The fourth-order valence-corrected chi connectivity index (χ4v) is 3.20. The number of aromatic nitrogens is 1. The zero-order valence-electron chi connectivity index (χ0n) is 17.9. The quantitative estimate of drug-likeness (QED) is 0.628. The molecule has 1 heterocycles. The molecule has 2 aromatic carbocycles. The Morgan fingerprint density at radius 3 is 2.53 bits per heavy atom. The van der Waals surface area contributed by atoms with Crippen LogP contribution in [-0.2, 0) is 11.3 Å². The maximum Gasteiger partial charge on any atom is 0.252 e. The molecule has 0 saturated carbocycles. The lowest BCUT2D eigenvalue weighted by Crippen LogP contribution is -2.27. The number of nitrogens with one attached hydrogen (secondary N) is 2. The molecule has 0 atom stereocenters. The number of nitrogens with zero attached hydrogens (tertiary/aromatic N) is 2. The van der Waals surface area contributed by atoms with Crippen molar-refractivity contribution < 1.29 is 9.59 Å². The van der Waals surface area contributed by atoms with E-state index in [1.807, 2.05) is 73.6 Å². The highest BCUT2D eigenvalue weighted by atomic mass is 16.2. The summed E-state index contributed by atoms with van der Waals surface area (Å²) in [6, 6.07) is 17.1. The third-order valence-corrected chi connectivity index (χ3v) is 4.70. The predicted molar refractivity (Wildman–Crippen MR) is 121 cm³/mol. The van der Waals surface area contributed by atoms with Crippen LogP contribution in [-0.4, -0.2) is 42.3 Å². The molecule has 1 aromatic heterocycles. The summed E-state index contributed by atoms with van der Waals surface area (Å²) in [6.45, 7) is 4.81. The van der Waals surface area contributed by atoms with Crippen LogP contribution >= 0.6 is 0 Å². The van der Waals surface area contributed by atoms with Crippen LogP contribution in [0.3, 0.4) is 0 Å². The highest BCUT2D eigenvalue weighted by Crippen LogP contribution is 2.22. The van der Waals surface area contributed by atoms with Crippen LogP contribution in [0, 0.1) is 0 Å². The second-order valence-corrected chi connectivity index (χ2v) is 7.94. The van der Waals surface area contributed by atoms with E-state index in [0.29, 0.717) is 24.3 Å². The summed E-state index contributed by atoms with van der Waals surface area (Å²) in [7, 11) is 3.69. The van der Waals surface area contributed by atoms with Crippen molar-refractivity contribution in [2.75, 3.05) is 26.0 Å². The molecule has 3 aromatic rings. The minimum Gasteiger partial charge on any atom is -0.348 e. The van der Waals surface area contributed by atoms with Crippen molar-refractivity contribution in [1.29, 1.82) is 0 Å². The molecule has 30 heavy (non-hydrogen) atoms. The number of anilines is 1. The first-order chi connectivity index (χ1) is 14.3. The van der Waals surface area contributed by atoms with Crippen molar-refractivity contribution in [3.8, 4) is 0 Å². The van der Waals surface area contributed by atoms with Gasteiger partial charge in [0.15, 0.2) is 0 Å². The van der Waals surface area contributed by atoms with E-state index in [2.05, 4.69) is 29.5 Å². The Bertz CT molecular complexity index is 1060. The Morgan fingerprint density at radius 2 is 1.80 bits per heavy atom. The van der Waals surface area contributed by atoms with Crippen LogP contribution in [0.4, 0.5) is 5.69 Å². The molecule has 2 amide bonds. The summed E-state index contributed by atoms with van der Waals surface area (Å²) in [4.78, 5) is 31.4. The second kappa shape index (κ2) is 9.50. The van der Waals surface area contributed by atoms with Gasteiger partial charge < -0.3 is 15.5 Å². The van der Waals surface area contributed by atoms with E-state index in [1.54, 1.807) is 0 Å². The lowest BCUT2D eigenvalue weighted by atomic mass is 10.0. The molecule has 0 aliphatic heterocycles. The van der Waals surface area contributed by atoms with E-state index in [9.17, 15) is 9.59 Å². The van der Waals surface area contributed by atoms with Gasteiger partial charge in [-0.1, -0.05) is 44.2 Å². The Balaban J connectivity index is 1.75. The molecule has 0 spiro atoms. The molecule has 6 heteroatoms. The van der Waals surface area contributed by atoms with Gasteiger partial charge in [-0.2, -0.15) is 0 Å². The largest absolute Gasteiger partial charge is 0.348 e. The Morgan fingerprint density at radius 1 is 1.03 bits per heavy atom. The highest BCUT2D eigenvalue weighted by molar-refractivity contribution is 6.06. The molecule has 3 rings (SSSR count). The smallest absolute Gasteiger partial charge is 0.252 e. The first-order valence-corrected chi connectivity index (χ1v) is 10.0. The number of hydrogen-bond acceptors (Lipinski definition) is 4. The van der Waals surface area contributed by atoms with E-state index in [0.717, 1.165) is 22.2 Å². The van der Waals surface area contributed by atoms with Crippen molar-refractivity contribution in [3.63, 3.8) is 0 Å². The lowest BCUT2D eigenvalue weighted by Gasteiger charge is -2.13. The van der Waals surface area contributed by atoms with Gasteiger partial charge >= 0.3 is 0 Å². The van der Waals surface area contributed by atoms with Crippen molar-refractivity contribution >= 4 is 28.4 Å². The van der Waals surface area contributed by atoms with Crippen LogP contribution in [0.25, 0.3) is 10.9 Å². The zero-order valence-corrected chi connectivity index (χ0v) is 17.9. The monoisotopic (exact) mass is 404 g/mol. The van der Waals surface area contributed by atoms with Gasteiger partial charge in [0.2, 0.25) is 5.91 Å². The van der Waals surface area contributed by atoms with Gasteiger partial charge in [0, 0.05) is 23.3 Å². The zero-order chi connectivity index (χ0) is 21.7. The molecule has 0 aliphatic carbocycles. The van der Waals surface area contributed by atoms with E-state index >= 15 is 0 Å². The minimum atomic E-state index is -0.141. The predicted octanol–water partition coefficient (Wildman–Crippen LogP) is 3.79. The maximum absolute atomic E-state index is 13.0. The van der Waals surface area contributed by atoms with Gasteiger partial charge in [0.05, 0.1) is 17.6 Å². The SMILES string of the molecule is CC(C)c1cc(C(=O)NCc2cccc(NC(=O)CN(C)C)c2)c2ccccc2n1. The van der Waals surface area contributed by atoms with E-state index in [-0.39, 0.29) is 17.7 Å². The lowest BCUT2D eigenvalue weighted by molar-refractivity contribution is -0.116. The van der Waals surface area contributed by atoms with Gasteiger partial charge in [-0.3, -0.25) is 14.6 Å². The third kappa shape index (κ3) is 5.42. The average molecular weight is 405 g/mol. The van der Waals surface area contributed by atoms with Gasteiger partial charge in [0.25, 0.3) is 5.91 Å². The van der Waals surface area contributed by atoms with Gasteiger partial charge in [0.1, 0.15) is 0 Å². The molecule has 156 valence electrons. The Hall–Kier alpha value is -3.25. The Kier molecular flexibility index (Phi) is 6.79. The van der Waals surface area contributed by atoms with Gasteiger partial charge in [-0.15, -0.1) is 0 Å². The fourth-order valence-electron chi connectivity index (χ4n) is 3.20. The first kappa shape index (κ1) is 21.5. The van der Waals surface area contributed by atoms with Crippen molar-refractivity contribution in [2.24, 2.45) is 0 Å². The third-order valence-electron chi connectivity index (χ3n) is 4.70. The molecule has 0 fully saturated rings. The van der Waals surface area contributed by atoms with E-state index < -0.39 is 0 Å². The molecule has 6 nitrogen and oxygen atoms in total. The van der Waals surface area contributed by atoms with Crippen LogP contribution in [0.2, 0.25) is 0 Å². The summed E-state index contributed by atoms with van der Waals surface area (Å²) in [5, 5.41) is 6.71. The maximum atomic E-state index is 13.0. The summed E-state index contributed by atoms with van der Waals surface area (Å²) in [6.07, 6.45) is 0. The van der Waals surface area contributed by atoms with E-state index in [1.165, 1.54) is 0 Å². The summed E-state index contributed by atoms with van der Waals surface area (Å²) < 4.78 is 0. The van der Waals surface area contributed by atoms with Crippen molar-refractivity contribution in [2.45, 2.75) is 26.3 Å². The normalized spacial score (nSPS) is 11.1. The number of carbonyl (C=O) groups excluding carboxylic acids is 2. The molecule has 2 N–H and O–H groups in total. The molecule has 0 bridgehead atoms. The number of amides is 2. The molecular formula is C24H28N4O2. The minimum absolute atomic E-state index is 0.0781. The summed E-state index contributed by atoms with van der Waals surface area (Å²) >= 11 is 0. The molecule has 0 saturated heterocycles. The number of para-hydroxylation sites is 1. The molecular weight excluding hydrogens is 376 g/mol. The van der Waals surface area contributed by atoms with Crippen LogP contribution in [0.15, 0.2) is 54.6 Å². The number of hydrogen-bond donors (Lipinski definition) is 2. The standard InChI is InChI=1S/C24H28N4O2/c1-16(2)22-13-20(19-10-5-6-11-21(19)27-22)24(30)25-14-17-8-7-9-18(12-17)26-23(29)15-28(3)4/h5-13,16H,14-15H2,1-4H3,(H,25,30)(H,26,29). The molecule has 0 radical (unpaired) electrons. The average Bonchev–Trinajstić information content (AvgIpc) is 2.70. The summed E-state index contributed by atoms with van der Waals surface area (Å²) in [5.41, 5.74) is 3.96. The molecule has 0 unspecified atom stereocenters. The molecule has 0 aliphatic rings. The number of likely N-dealkylation sites (N-methyl/N-ethyl adjacent to an activating group) is 1. The van der Waals surface area contributed by atoms with Gasteiger partial charge in [-0.05, 0) is 49.8 Å². The number of benzene rings is 2. The highest BCUT2D eigenvalue weighted by Gasteiger charge is 2.14. The Labute approximate surface area is 177 Å². The van der Waals surface area contributed by atoms with Crippen LogP contribution in [0.5, 0.6) is 0 Å². The summed E-state index contributed by atoms with van der Waals surface area (Å²) in [5.74, 6) is 0.00631. The second-order valence-electron chi connectivity index (χ2n) is 7.94. The van der Waals surface area contributed by atoms with E-state index in [4.69, 9.17) is 0 Å². The first-order valence-electron chi connectivity index (χ1n) is 10.0. The topological polar surface area (TPSA) is 74.3 Å². The van der Waals surface area contributed by atoms with Crippen molar-refractivity contribution in [1.82, 2.24) is 15.2 Å².